The zero-order valence-electron chi connectivity index (χ0n) is 22.4. The zero-order chi connectivity index (χ0) is 27.1. The fraction of sp³-hybridized carbons (Fsp3) is 0.500. The van der Waals surface area contributed by atoms with Crippen molar-refractivity contribution in [1.82, 2.24) is 0 Å². The van der Waals surface area contributed by atoms with Gasteiger partial charge in [-0.15, -0.1) is 0 Å². The van der Waals surface area contributed by atoms with E-state index in [0.717, 1.165) is 50.5 Å². The number of sulfonamides is 1. The van der Waals surface area contributed by atoms with E-state index in [1.54, 1.807) is 6.07 Å². The largest absolute Gasteiger partial charge is 0.511 e. The second-order valence-corrected chi connectivity index (χ2v) is 11.6. The summed E-state index contributed by atoms with van der Waals surface area (Å²) in [4.78, 5) is 13.4. The van der Waals surface area contributed by atoms with Crippen LogP contribution in [0.25, 0.3) is 16.7 Å². The Morgan fingerprint density at radius 2 is 1.54 bits per heavy atom. The van der Waals surface area contributed by atoms with Crippen molar-refractivity contribution in [3.05, 3.63) is 59.4 Å². The molecule has 0 saturated heterocycles. The number of ether oxygens (including phenoxy) is 1. The molecule has 0 bridgehead atoms. The van der Waals surface area contributed by atoms with E-state index in [0.29, 0.717) is 30.4 Å². The molecule has 6 nitrogen and oxygen atoms in total. The SMILES string of the molecule is CCCCCC1(CCCCC)CC(O)=C(c2ccc(CCC)c(-c3ccccc3)c2S(N)(=O)=O)C(=O)O1. The Labute approximate surface area is 222 Å². The van der Waals surface area contributed by atoms with Gasteiger partial charge in [-0.2, -0.15) is 0 Å². The summed E-state index contributed by atoms with van der Waals surface area (Å²) in [5.74, 6) is -0.819. The van der Waals surface area contributed by atoms with Crippen LogP contribution < -0.4 is 5.14 Å². The lowest BCUT2D eigenvalue weighted by molar-refractivity contribution is -0.157. The highest BCUT2D eigenvalue weighted by Gasteiger charge is 2.43. The summed E-state index contributed by atoms with van der Waals surface area (Å²) in [5.41, 5.74) is 1.19. The monoisotopic (exact) mass is 527 g/mol. The quantitative estimate of drug-likeness (QED) is 0.214. The van der Waals surface area contributed by atoms with E-state index < -0.39 is 21.6 Å². The lowest BCUT2D eigenvalue weighted by atomic mass is 9.82. The number of aryl methyl sites for hydroxylation is 1. The summed E-state index contributed by atoms with van der Waals surface area (Å²) in [6.45, 7) is 6.25. The molecule has 37 heavy (non-hydrogen) atoms. The topological polar surface area (TPSA) is 107 Å². The van der Waals surface area contributed by atoms with Crippen molar-refractivity contribution in [3.63, 3.8) is 0 Å². The first-order chi connectivity index (χ1) is 17.7. The highest BCUT2D eigenvalue weighted by Crippen LogP contribution is 2.43. The smallest absolute Gasteiger partial charge is 0.342 e. The third kappa shape index (κ3) is 6.82. The second-order valence-electron chi connectivity index (χ2n) is 10.1. The van der Waals surface area contributed by atoms with E-state index in [1.807, 2.05) is 43.3 Å². The van der Waals surface area contributed by atoms with Crippen LogP contribution in [0.4, 0.5) is 0 Å². The molecule has 0 radical (unpaired) electrons. The molecule has 0 atom stereocenters. The maximum absolute atomic E-state index is 13.5. The molecule has 2 aromatic carbocycles. The summed E-state index contributed by atoms with van der Waals surface area (Å²) in [6.07, 6.45) is 8.84. The predicted molar refractivity (Wildman–Crippen MR) is 149 cm³/mol. The Kier molecular flexibility index (Phi) is 9.96. The predicted octanol–water partition coefficient (Wildman–Crippen LogP) is 7.07. The molecule has 0 spiro atoms. The van der Waals surface area contributed by atoms with Gasteiger partial charge >= 0.3 is 5.97 Å². The molecule has 0 unspecified atom stereocenters. The van der Waals surface area contributed by atoms with Gasteiger partial charge in [-0.25, -0.2) is 18.4 Å². The van der Waals surface area contributed by atoms with Crippen LogP contribution in [0.5, 0.6) is 0 Å². The van der Waals surface area contributed by atoms with Crippen LogP contribution in [0.3, 0.4) is 0 Å². The Bertz CT molecular complexity index is 1210. The van der Waals surface area contributed by atoms with Crippen molar-refractivity contribution < 1.29 is 23.1 Å². The number of carbonyl (C=O) groups excluding carboxylic acids is 1. The number of rotatable bonds is 13. The van der Waals surface area contributed by atoms with Gasteiger partial charge in [-0.05, 0) is 43.2 Å². The van der Waals surface area contributed by atoms with E-state index in [2.05, 4.69) is 13.8 Å². The van der Waals surface area contributed by atoms with Gasteiger partial charge in [0.2, 0.25) is 10.0 Å². The number of cyclic esters (lactones) is 1. The average molecular weight is 528 g/mol. The molecule has 1 aliphatic rings. The van der Waals surface area contributed by atoms with Gasteiger partial charge in [0.25, 0.3) is 0 Å². The molecule has 2 aromatic rings. The number of hydrogen-bond donors (Lipinski definition) is 2. The maximum Gasteiger partial charge on any atom is 0.342 e. The Morgan fingerprint density at radius 1 is 0.919 bits per heavy atom. The Balaban J connectivity index is 2.19. The number of hydrogen-bond acceptors (Lipinski definition) is 5. The molecule has 0 amide bonds. The van der Waals surface area contributed by atoms with Gasteiger partial charge < -0.3 is 9.84 Å². The summed E-state index contributed by atoms with van der Waals surface area (Å²) < 4.78 is 32.2. The van der Waals surface area contributed by atoms with E-state index >= 15 is 0 Å². The zero-order valence-corrected chi connectivity index (χ0v) is 23.2. The molecule has 0 aliphatic carbocycles. The lowest BCUT2D eigenvalue weighted by Gasteiger charge is -2.38. The molecule has 0 saturated carbocycles. The average Bonchev–Trinajstić information content (AvgIpc) is 2.84. The van der Waals surface area contributed by atoms with Crippen molar-refractivity contribution in [2.24, 2.45) is 5.14 Å². The molecule has 7 heteroatoms. The highest BCUT2D eigenvalue weighted by atomic mass is 32.2. The number of benzene rings is 2. The van der Waals surface area contributed by atoms with E-state index in [4.69, 9.17) is 9.88 Å². The molecular formula is C30H41NO5S. The van der Waals surface area contributed by atoms with Gasteiger partial charge in [-0.3, -0.25) is 0 Å². The molecular weight excluding hydrogens is 486 g/mol. The van der Waals surface area contributed by atoms with E-state index in [9.17, 15) is 18.3 Å². The van der Waals surface area contributed by atoms with Crippen molar-refractivity contribution in [3.8, 4) is 11.1 Å². The minimum absolute atomic E-state index is 0.0967. The summed E-state index contributed by atoms with van der Waals surface area (Å²) >= 11 is 0. The standard InChI is InChI=1S/C30H41NO5S/c1-4-7-12-19-30(20-13-8-5-2)21-25(32)27(29(33)36-30)24-18-17-22(14-6-3)26(28(24)37(31,34)35)23-15-10-9-11-16-23/h9-11,15-18,32H,4-8,12-14,19-21H2,1-3H3,(H2,31,34,35). The van der Waals surface area contributed by atoms with Crippen LogP contribution >= 0.6 is 0 Å². The van der Waals surface area contributed by atoms with Crippen LogP contribution in [0, 0.1) is 0 Å². The van der Waals surface area contributed by atoms with E-state index in [1.165, 1.54) is 0 Å². The minimum atomic E-state index is -4.27. The van der Waals surface area contributed by atoms with Crippen LogP contribution in [0.1, 0.15) is 96.1 Å². The third-order valence-electron chi connectivity index (χ3n) is 7.14. The summed E-state index contributed by atoms with van der Waals surface area (Å²) in [5, 5.41) is 17.1. The number of esters is 1. The first-order valence-electron chi connectivity index (χ1n) is 13.6. The normalized spacial score (nSPS) is 15.6. The molecule has 1 aliphatic heterocycles. The van der Waals surface area contributed by atoms with Crippen molar-refractivity contribution in [2.45, 2.75) is 102 Å². The molecule has 1 heterocycles. The van der Waals surface area contributed by atoms with Gasteiger partial charge in [0.1, 0.15) is 16.9 Å². The van der Waals surface area contributed by atoms with E-state index in [-0.39, 0.29) is 28.2 Å². The summed E-state index contributed by atoms with van der Waals surface area (Å²) in [7, 11) is -4.27. The number of carbonyl (C=O) groups is 1. The molecule has 0 fully saturated rings. The fourth-order valence-corrected chi connectivity index (χ4v) is 6.38. The number of primary sulfonamides is 1. The summed E-state index contributed by atoms with van der Waals surface area (Å²) in [6, 6.07) is 12.6. The molecule has 3 N–H and O–H groups in total. The van der Waals surface area contributed by atoms with Gasteiger partial charge in [0.05, 0.1) is 4.90 Å². The van der Waals surface area contributed by atoms with Crippen LogP contribution in [-0.4, -0.2) is 25.1 Å². The number of aliphatic hydroxyl groups excluding tert-OH is 1. The number of unbranched alkanes of at least 4 members (excludes halogenated alkanes) is 4. The highest BCUT2D eigenvalue weighted by molar-refractivity contribution is 7.89. The molecule has 0 aromatic heterocycles. The van der Waals surface area contributed by atoms with Gasteiger partial charge in [0.15, 0.2) is 0 Å². The van der Waals surface area contributed by atoms with Gasteiger partial charge in [0, 0.05) is 17.5 Å². The lowest BCUT2D eigenvalue weighted by Crippen LogP contribution is -2.40. The van der Waals surface area contributed by atoms with Crippen molar-refractivity contribution >= 4 is 21.6 Å². The number of aliphatic hydroxyl groups is 1. The van der Waals surface area contributed by atoms with Crippen LogP contribution in [0.2, 0.25) is 0 Å². The molecule has 202 valence electrons. The van der Waals surface area contributed by atoms with Crippen LogP contribution in [-0.2, 0) is 26.0 Å². The maximum atomic E-state index is 13.5. The fourth-order valence-electron chi connectivity index (χ4n) is 5.37. The van der Waals surface area contributed by atoms with Crippen LogP contribution in [0.15, 0.2) is 53.1 Å². The first-order valence-corrected chi connectivity index (χ1v) is 15.1. The Hall–Kier alpha value is -2.64. The molecule has 3 rings (SSSR count). The minimum Gasteiger partial charge on any atom is -0.511 e. The first kappa shape index (κ1) is 28.9. The second kappa shape index (κ2) is 12.7. The van der Waals surface area contributed by atoms with Crippen molar-refractivity contribution in [1.29, 1.82) is 0 Å². The third-order valence-corrected chi connectivity index (χ3v) is 8.14. The number of nitrogens with two attached hydrogens (primary N) is 1. The van der Waals surface area contributed by atoms with Gasteiger partial charge in [-0.1, -0.05) is 95.3 Å². The Morgan fingerprint density at radius 3 is 2.05 bits per heavy atom. The van der Waals surface area contributed by atoms with Crippen molar-refractivity contribution in [2.75, 3.05) is 0 Å².